The Morgan fingerprint density at radius 2 is 1.86 bits per heavy atom. The zero-order chi connectivity index (χ0) is 42.5. The Kier molecular flexibility index (Phi) is 14.8. The number of cyclic esters (lactones) is 1. The first-order chi connectivity index (χ1) is 27.5. The van der Waals surface area contributed by atoms with Gasteiger partial charge in [-0.2, -0.15) is 0 Å². The summed E-state index contributed by atoms with van der Waals surface area (Å²) in [5.41, 5.74) is 12.0. The van der Waals surface area contributed by atoms with E-state index in [1.165, 1.54) is 6.92 Å². The van der Waals surface area contributed by atoms with Gasteiger partial charge in [0.05, 0.1) is 30.0 Å². The number of rotatable bonds is 11. The number of aromatic nitrogens is 3. The van der Waals surface area contributed by atoms with Crippen LogP contribution in [0.1, 0.15) is 80.6 Å². The molecule has 0 spiro atoms. The van der Waals surface area contributed by atoms with Crippen LogP contribution in [0.15, 0.2) is 43.1 Å². The smallest absolute Gasteiger partial charge is 0.410 e. The molecule has 13 atom stereocenters. The number of amides is 1. The van der Waals surface area contributed by atoms with Crippen molar-refractivity contribution in [3.8, 4) is 11.3 Å². The monoisotopic (exact) mass is 811 g/mol. The molecule has 0 bridgehead atoms. The number of ketones is 1. The summed E-state index contributed by atoms with van der Waals surface area (Å²) in [7, 11) is 1.55. The lowest BCUT2D eigenvalue weighted by molar-refractivity contribution is -0.288. The SMILES string of the molecule is C=C[C@H]1NC[C@H](C)C[C@@](C)(OC)[C@H](O[C@@H]2O[C@H](C)CC(N)C2O)[C@@H](C)C(=O)[C@@H](C)C(=O)O[C@H](CC)[C@@]2(C)OC(=O)N(CCCCn3cc(-c4cccc(N)c4)nn3)[C@H]12. The van der Waals surface area contributed by atoms with Gasteiger partial charge in [0.25, 0.3) is 0 Å². The van der Waals surface area contributed by atoms with Crippen molar-refractivity contribution in [3.63, 3.8) is 0 Å². The van der Waals surface area contributed by atoms with Crippen molar-refractivity contribution >= 4 is 23.5 Å². The number of nitrogen functional groups attached to an aromatic ring is 1. The molecule has 16 heteroatoms. The van der Waals surface area contributed by atoms with Gasteiger partial charge in [-0.25, -0.2) is 4.79 Å². The minimum atomic E-state index is -1.31. The third-order valence-electron chi connectivity index (χ3n) is 12.3. The van der Waals surface area contributed by atoms with E-state index in [0.29, 0.717) is 63.1 Å². The second kappa shape index (κ2) is 19.0. The summed E-state index contributed by atoms with van der Waals surface area (Å²) in [4.78, 5) is 43.8. The van der Waals surface area contributed by atoms with Gasteiger partial charge in [0.2, 0.25) is 0 Å². The first-order valence-electron chi connectivity index (χ1n) is 20.6. The quantitative estimate of drug-likeness (QED) is 0.0835. The number of Topliss-reactive ketones (excluding diaryl/α,β-unsaturated/α-hetero) is 1. The number of ether oxygens (including phenoxy) is 5. The molecule has 0 aliphatic carbocycles. The minimum Gasteiger partial charge on any atom is -0.458 e. The van der Waals surface area contributed by atoms with Gasteiger partial charge in [0.1, 0.15) is 23.8 Å². The molecule has 4 heterocycles. The second-order valence-corrected chi connectivity index (χ2v) is 16.9. The van der Waals surface area contributed by atoms with E-state index in [2.05, 4.69) is 29.1 Å². The fourth-order valence-corrected chi connectivity index (χ4v) is 8.95. The number of carbonyl (C=O) groups is 3. The predicted molar refractivity (Wildman–Crippen MR) is 217 cm³/mol. The molecular weight excluding hydrogens is 747 g/mol. The molecule has 0 saturated carbocycles. The number of hydrogen-bond donors (Lipinski definition) is 4. The number of esters is 1. The number of nitrogens with zero attached hydrogens (tertiary/aromatic N) is 4. The van der Waals surface area contributed by atoms with Gasteiger partial charge < -0.3 is 45.6 Å². The summed E-state index contributed by atoms with van der Waals surface area (Å²) < 4.78 is 32.9. The molecule has 3 aliphatic heterocycles. The van der Waals surface area contributed by atoms with Crippen LogP contribution >= 0.6 is 0 Å². The van der Waals surface area contributed by atoms with Crippen molar-refractivity contribution in [2.75, 3.05) is 25.9 Å². The molecule has 2 unspecified atom stereocenters. The largest absolute Gasteiger partial charge is 0.458 e. The van der Waals surface area contributed by atoms with E-state index in [9.17, 15) is 19.5 Å². The average molecular weight is 812 g/mol. The van der Waals surface area contributed by atoms with E-state index >= 15 is 0 Å². The van der Waals surface area contributed by atoms with Crippen LogP contribution in [0.3, 0.4) is 0 Å². The van der Waals surface area contributed by atoms with E-state index < -0.39 is 83.6 Å². The zero-order valence-corrected chi connectivity index (χ0v) is 35.3. The van der Waals surface area contributed by atoms with Crippen LogP contribution in [0.5, 0.6) is 0 Å². The summed E-state index contributed by atoms with van der Waals surface area (Å²) >= 11 is 0. The number of hydrogen-bond acceptors (Lipinski definition) is 14. The van der Waals surface area contributed by atoms with Crippen molar-refractivity contribution in [2.45, 2.75) is 147 Å². The lowest BCUT2D eigenvalue weighted by Crippen LogP contribution is -2.61. The maximum absolute atomic E-state index is 14.3. The highest BCUT2D eigenvalue weighted by atomic mass is 16.7. The van der Waals surface area contributed by atoms with Gasteiger partial charge in [0, 0.05) is 49.5 Å². The number of unbranched alkanes of at least 4 members (excludes halogenated alkanes) is 1. The lowest BCUT2D eigenvalue weighted by atomic mass is 9.78. The predicted octanol–water partition coefficient (Wildman–Crippen LogP) is 3.85. The lowest BCUT2D eigenvalue weighted by Gasteiger charge is -2.45. The third kappa shape index (κ3) is 9.74. The Morgan fingerprint density at radius 3 is 2.53 bits per heavy atom. The van der Waals surface area contributed by atoms with Crippen LogP contribution in [0.25, 0.3) is 11.3 Å². The van der Waals surface area contributed by atoms with E-state index in [1.807, 2.05) is 51.2 Å². The van der Waals surface area contributed by atoms with Gasteiger partial charge in [-0.15, -0.1) is 11.7 Å². The summed E-state index contributed by atoms with van der Waals surface area (Å²) in [5, 5.41) is 23.2. The van der Waals surface area contributed by atoms with Crippen LogP contribution in [0.4, 0.5) is 10.5 Å². The van der Waals surface area contributed by atoms with E-state index in [0.717, 1.165) is 5.56 Å². The number of fused-ring (bicyclic) bond motifs is 1. The average Bonchev–Trinajstić information content (AvgIpc) is 3.76. The molecule has 5 rings (SSSR count). The summed E-state index contributed by atoms with van der Waals surface area (Å²) in [6, 6.07) is 5.76. The summed E-state index contributed by atoms with van der Waals surface area (Å²) in [5.74, 6) is -3.36. The fraction of sp³-hybridized carbons (Fsp3) is 0.690. The number of carbonyl (C=O) groups excluding carboxylic acids is 3. The number of anilines is 1. The zero-order valence-electron chi connectivity index (χ0n) is 35.3. The van der Waals surface area contributed by atoms with Crippen LogP contribution in [0, 0.1) is 17.8 Å². The second-order valence-electron chi connectivity index (χ2n) is 16.9. The summed E-state index contributed by atoms with van der Waals surface area (Å²) in [6.45, 7) is 18.1. The van der Waals surface area contributed by atoms with Crippen molar-refractivity contribution in [3.05, 3.63) is 43.1 Å². The Hall–Kier alpha value is -3.93. The molecule has 3 aliphatic rings. The number of aliphatic hydroxyl groups is 1. The molecule has 16 nitrogen and oxygen atoms in total. The first kappa shape index (κ1) is 45.2. The Bertz CT molecular complexity index is 1740. The highest BCUT2D eigenvalue weighted by molar-refractivity contribution is 6.00. The Labute approximate surface area is 342 Å². The first-order valence-corrected chi connectivity index (χ1v) is 20.6. The minimum absolute atomic E-state index is 0.0702. The van der Waals surface area contributed by atoms with E-state index in [-0.39, 0.29) is 12.0 Å². The normalized spacial score (nSPS) is 36.7. The molecule has 3 fully saturated rings. The molecule has 6 N–H and O–H groups in total. The molecule has 322 valence electrons. The van der Waals surface area contributed by atoms with Crippen molar-refractivity contribution in [1.29, 1.82) is 0 Å². The standard InChI is InChI=1S/C42H65N7O9/c1-10-31-36-42(8,58-40(53)49(36)18-13-12-17-48-23-32(46-47-48)28-15-14-16-29(43)20-28)33(11-2)56-38(52)27(6)34(50)26(5)37(41(7,54-9)21-24(3)22-45-31)57-39-35(51)30(44)19-25(4)55-39/h10,14-16,20,23-27,30-31,33,35-37,39,45,51H,1,11-13,17-19,21-22,43-44H2,2-9H3/t24-,25-,26+,27-,30?,31-,33-,35?,36-,37-,39+,41-,42-/m1/s1. The Morgan fingerprint density at radius 1 is 1.14 bits per heavy atom. The molecule has 0 radical (unpaired) electrons. The topological polar surface area (TPSA) is 216 Å². The maximum atomic E-state index is 14.3. The fourth-order valence-electron chi connectivity index (χ4n) is 8.95. The van der Waals surface area contributed by atoms with Gasteiger partial charge in [-0.1, -0.05) is 44.2 Å². The van der Waals surface area contributed by atoms with Crippen LogP contribution in [-0.4, -0.2) is 123 Å². The molecule has 1 amide bonds. The van der Waals surface area contributed by atoms with Crippen LogP contribution in [0.2, 0.25) is 0 Å². The van der Waals surface area contributed by atoms with Crippen molar-refractivity contribution < 1.29 is 43.2 Å². The molecule has 58 heavy (non-hydrogen) atoms. The van der Waals surface area contributed by atoms with Crippen LogP contribution < -0.4 is 16.8 Å². The molecule has 1 aromatic carbocycles. The number of nitrogens with one attached hydrogen (secondary N) is 1. The van der Waals surface area contributed by atoms with Gasteiger partial charge >= 0.3 is 12.1 Å². The van der Waals surface area contributed by atoms with Gasteiger partial charge in [-0.05, 0) is 84.4 Å². The van der Waals surface area contributed by atoms with Crippen molar-refractivity contribution in [2.24, 2.45) is 23.5 Å². The maximum Gasteiger partial charge on any atom is 0.410 e. The van der Waals surface area contributed by atoms with Crippen molar-refractivity contribution in [1.82, 2.24) is 25.2 Å². The number of methoxy groups -OCH3 is 1. The highest BCUT2D eigenvalue weighted by Gasteiger charge is 2.59. The molecule has 1 aromatic heterocycles. The van der Waals surface area contributed by atoms with Gasteiger partial charge in [-0.3, -0.25) is 19.2 Å². The number of benzene rings is 1. The van der Waals surface area contributed by atoms with E-state index in [4.69, 9.17) is 35.2 Å². The third-order valence-corrected chi connectivity index (χ3v) is 12.3. The highest BCUT2D eigenvalue weighted by Crippen LogP contribution is 2.40. The van der Waals surface area contributed by atoms with Gasteiger partial charge in [0.15, 0.2) is 17.7 Å². The molecule has 2 aromatic rings. The Balaban J connectivity index is 1.40. The molecule has 3 saturated heterocycles. The summed E-state index contributed by atoms with van der Waals surface area (Å²) in [6.07, 6.45) is 1.16. The van der Waals surface area contributed by atoms with Crippen LogP contribution in [-0.2, 0) is 39.8 Å². The molecular formula is C42H65N7O9. The number of aliphatic hydroxyl groups excluding tert-OH is 1. The van der Waals surface area contributed by atoms with E-state index in [1.54, 1.807) is 36.6 Å². The number of aryl methyl sites for hydroxylation is 1. The number of nitrogens with two attached hydrogens (primary N) is 2.